The molecule has 80 valence electrons. The maximum atomic E-state index is 3.53. The van der Waals surface area contributed by atoms with Crippen molar-refractivity contribution in [2.45, 2.75) is 6.54 Å². The Balaban J connectivity index is 2.54. The zero-order chi connectivity index (χ0) is 11.0. The molecule has 0 saturated carbocycles. The third kappa shape index (κ3) is 2.27. The van der Waals surface area contributed by atoms with E-state index in [4.69, 9.17) is 0 Å². The van der Waals surface area contributed by atoms with E-state index < -0.39 is 0 Å². The molecule has 0 atom stereocenters. The highest BCUT2D eigenvalue weighted by molar-refractivity contribution is 9.13. The lowest BCUT2D eigenvalue weighted by atomic mass is 10.2. The standard InChI is InChI=1S/C11H12Br2N2/c1-15(2)6-7-5-14-11-4-10(13)9(12)3-8(7)11/h3-5,14H,6H2,1-2H3. The molecular weight excluding hydrogens is 320 g/mol. The first-order chi connectivity index (χ1) is 7.08. The lowest BCUT2D eigenvalue weighted by Gasteiger charge is -2.08. The molecule has 2 nitrogen and oxygen atoms in total. The van der Waals surface area contributed by atoms with Crippen molar-refractivity contribution in [2.24, 2.45) is 0 Å². The smallest absolute Gasteiger partial charge is 0.0469 e. The summed E-state index contributed by atoms with van der Waals surface area (Å²) in [6.07, 6.45) is 2.07. The SMILES string of the molecule is CN(C)Cc1c[nH]c2cc(Br)c(Br)cc12. The van der Waals surface area contributed by atoms with Gasteiger partial charge in [0.2, 0.25) is 0 Å². The van der Waals surface area contributed by atoms with Gasteiger partial charge in [0.05, 0.1) is 0 Å². The predicted molar refractivity (Wildman–Crippen MR) is 71.1 cm³/mol. The molecular formula is C11H12Br2N2. The molecule has 4 heteroatoms. The lowest BCUT2D eigenvalue weighted by Crippen LogP contribution is -2.10. The summed E-state index contributed by atoms with van der Waals surface area (Å²) in [5.41, 5.74) is 2.49. The monoisotopic (exact) mass is 330 g/mol. The van der Waals surface area contributed by atoms with Gasteiger partial charge in [-0.15, -0.1) is 0 Å². The molecule has 0 radical (unpaired) electrons. The number of fused-ring (bicyclic) bond motifs is 1. The van der Waals surface area contributed by atoms with Gasteiger partial charge in [-0.3, -0.25) is 0 Å². The number of aromatic nitrogens is 1. The van der Waals surface area contributed by atoms with E-state index in [1.807, 2.05) is 0 Å². The Hall–Kier alpha value is -0.320. The molecule has 1 aromatic carbocycles. The van der Waals surface area contributed by atoms with Crippen LogP contribution in [0.25, 0.3) is 10.9 Å². The first kappa shape index (κ1) is 11.2. The zero-order valence-corrected chi connectivity index (χ0v) is 11.8. The van der Waals surface area contributed by atoms with Crippen LogP contribution in [0.1, 0.15) is 5.56 Å². The molecule has 0 aliphatic heterocycles. The topological polar surface area (TPSA) is 19.0 Å². The van der Waals surface area contributed by atoms with Gasteiger partial charge in [-0.25, -0.2) is 0 Å². The molecule has 0 saturated heterocycles. The van der Waals surface area contributed by atoms with Gasteiger partial charge in [0.15, 0.2) is 0 Å². The molecule has 1 aromatic heterocycles. The maximum absolute atomic E-state index is 3.53. The number of hydrogen-bond donors (Lipinski definition) is 1. The van der Waals surface area contributed by atoms with E-state index in [2.05, 4.69) is 74.2 Å². The van der Waals surface area contributed by atoms with Gasteiger partial charge in [-0.05, 0) is 63.7 Å². The first-order valence-electron chi connectivity index (χ1n) is 4.67. The Morgan fingerprint density at radius 1 is 1.20 bits per heavy atom. The molecule has 2 rings (SSSR count). The Kier molecular flexibility index (Phi) is 3.19. The second kappa shape index (κ2) is 4.28. The Bertz CT molecular complexity index is 489. The first-order valence-corrected chi connectivity index (χ1v) is 6.26. The lowest BCUT2D eigenvalue weighted by molar-refractivity contribution is 0.404. The van der Waals surface area contributed by atoms with Crippen LogP contribution < -0.4 is 0 Å². The van der Waals surface area contributed by atoms with E-state index >= 15 is 0 Å². The highest BCUT2D eigenvalue weighted by Crippen LogP contribution is 2.30. The summed E-state index contributed by atoms with van der Waals surface area (Å²) in [5, 5.41) is 1.28. The fraction of sp³-hybridized carbons (Fsp3) is 0.273. The summed E-state index contributed by atoms with van der Waals surface area (Å²) in [6, 6.07) is 4.24. The number of hydrogen-bond acceptors (Lipinski definition) is 1. The summed E-state index contributed by atoms with van der Waals surface area (Å²) >= 11 is 7.03. The van der Waals surface area contributed by atoms with E-state index in [1.165, 1.54) is 16.5 Å². The minimum absolute atomic E-state index is 0.952. The van der Waals surface area contributed by atoms with Crippen molar-refractivity contribution < 1.29 is 0 Å². The predicted octanol–water partition coefficient (Wildman–Crippen LogP) is 3.75. The number of benzene rings is 1. The average Bonchev–Trinajstić information content (AvgIpc) is 2.49. The number of rotatable bonds is 2. The third-order valence-electron chi connectivity index (χ3n) is 2.29. The van der Waals surface area contributed by atoms with Crippen LogP contribution in [0.2, 0.25) is 0 Å². The van der Waals surface area contributed by atoms with Gasteiger partial charge < -0.3 is 9.88 Å². The van der Waals surface area contributed by atoms with Gasteiger partial charge in [-0.1, -0.05) is 0 Å². The largest absolute Gasteiger partial charge is 0.361 e. The van der Waals surface area contributed by atoms with Gasteiger partial charge in [0, 0.05) is 32.6 Å². The van der Waals surface area contributed by atoms with Crippen molar-refractivity contribution in [3.05, 3.63) is 32.8 Å². The highest BCUT2D eigenvalue weighted by Gasteiger charge is 2.07. The fourth-order valence-corrected chi connectivity index (χ4v) is 2.33. The Morgan fingerprint density at radius 3 is 2.53 bits per heavy atom. The molecule has 2 aromatic rings. The van der Waals surface area contributed by atoms with Crippen molar-refractivity contribution in [1.82, 2.24) is 9.88 Å². The minimum atomic E-state index is 0.952. The van der Waals surface area contributed by atoms with Gasteiger partial charge >= 0.3 is 0 Å². The quantitative estimate of drug-likeness (QED) is 0.887. The number of nitrogens with zero attached hydrogens (tertiary/aromatic N) is 1. The minimum Gasteiger partial charge on any atom is -0.361 e. The summed E-state index contributed by atoms with van der Waals surface area (Å²) in [5.74, 6) is 0. The second-order valence-electron chi connectivity index (χ2n) is 3.86. The maximum Gasteiger partial charge on any atom is 0.0469 e. The Morgan fingerprint density at radius 2 is 1.87 bits per heavy atom. The van der Waals surface area contributed by atoms with E-state index in [1.54, 1.807) is 0 Å². The van der Waals surface area contributed by atoms with Crippen molar-refractivity contribution in [2.75, 3.05) is 14.1 Å². The molecule has 0 amide bonds. The molecule has 0 aliphatic carbocycles. The molecule has 1 heterocycles. The summed E-state index contributed by atoms with van der Waals surface area (Å²) in [4.78, 5) is 5.45. The number of aromatic amines is 1. The molecule has 0 fully saturated rings. The van der Waals surface area contributed by atoms with Crippen LogP contribution in [0, 0.1) is 0 Å². The van der Waals surface area contributed by atoms with E-state index in [0.717, 1.165) is 15.5 Å². The highest BCUT2D eigenvalue weighted by atomic mass is 79.9. The van der Waals surface area contributed by atoms with Crippen LogP contribution in [0.4, 0.5) is 0 Å². The van der Waals surface area contributed by atoms with Crippen LogP contribution >= 0.6 is 31.9 Å². The molecule has 0 spiro atoms. The summed E-state index contributed by atoms with van der Waals surface area (Å²) < 4.78 is 2.17. The number of nitrogens with one attached hydrogen (secondary N) is 1. The molecule has 15 heavy (non-hydrogen) atoms. The van der Waals surface area contributed by atoms with E-state index in [0.29, 0.717) is 0 Å². The second-order valence-corrected chi connectivity index (χ2v) is 5.57. The van der Waals surface area contributed by atoms with Crippen molar-refractivity contribution in [3.8, 4) is 0 Å². The average molecular weight is 332 g/mol. The molecule has 0 unspecified atom stereocenters. The van der Waals surface area contributed by atoms with Gasteiger partial charge in [0.1, 0.15) is 0 Å². The van der Waals surface area contributed by atoms with Gasteiger partial charge in [0.25, 0.3) is 0 Å². The zero-order valence-electron chi connectivity index (χ0n) is 8.64. The van der Waals surface area contributed by atoms with Crippen molar-refractivity contribution in [1.29, 1.82) is 0 Å². The van der Waals surface area contributed by atoms with Crippen molar-refractivity contribution in [3.63, 3.8) is 0 Å². The normalized spacial score (nSPS) is 11.5. The number of H-pyrrole nitrogens is 1. The molecule has 1 N–H and O–H groups in total. The van der Waals surface area contributed by atoms with Crippen LogP contribution in [0.15, 0.2) is 27.3 Å². The Labute approximate surface area is 106 Å². The van der Waals surface area contributed by atoms with Crippen LogP contribution in [0.5, 0.6) is 0 Å². The van der Waals surface area contributed by atoms with Crippen LogP contribution in [-0.2, 0) is 6.54 Å². The van der Waals surface area contributed by atoms with E-state index in [-0.39, 0.29) is 0 Å². The summed E-state index contributed by atoms with van der Waals surface area (Å²) in [6.45, 7) is 0.952. The molecule has 0 bridgehead atoms. The van der Waals surface area contributed by atoms with Crippen molar-refractivity contribution >= 4 is 42.8 Å². The third-order valence-corrected chi connectivity index (χ3v) is 4.14. The molecule has 0 aliphatic rings. The van der Waals surface area contributed by atoms with E-state index in [9.17, 15) is 0 Å². The van der Waals surface area contributed by atoms with Crippen LogP contribution in [-0.4, -0.2) is 24.0 Å². The fourth-order valence-electron chi connectivity index (χ4n) is 1.65. The van der Waals surface area contributed by atoms with Gasteiger partial charge in [-0.2, -0.15) is 0 Å². The number of halogens is 2. The van der Waals surface area contributed by atoms with Crippen LogP contribution in [0.3, 0.4) is 0 Å². The summed E-state index contributed by atoms with van der Waals surface area (Å²) in [7, 11) is 4.15.